The Morgan fingerprint density at radius 1 is 0.188 bits per heavy atom. The predicted octanol–water partition coefficient (Wildman–Crippen LogP) is 3.03. The first kappa shape index (κ1) is 216. The van der Waals surface area contributed by atoms with Crippen LogP contribution in [0.1, 0.15) is 34.2 Å². The maximum atomic E-state index is 4.42. The molecule has 0 bridgehead atoms. The summed E-state index contributed by atoms with van der Waals surface area (Å²) in [5.74, 6) is 0. The van der Waals surface area contributed by atoms with E-state index in [9.17, 15) is 0 Å². The Morgan fingerprint density at radius 2 is 0.287 bits per heavy atom. The largest absolute Gasteiger partial charge is 3.00 e. The molecule has 488 valence electrons. The van der Waals surface area contributed by atoms with Gasteiger partial charge in [0.05, 0.1) is 34.2 Å². The topological polar surface area (TPSA) is 825 Å². The van der Waals surface area contributed by atoms with Crippen LogP contribution >= 0.6 is 0 Å². The molecule has 6 aromatic heterocycles. The molecule has 0 spiro atoms. The summed E-state index contributed by atoms with van der Waals surface area (Å²) in [6.07, 6.45) is 11.0. The number of aromatic nitrogens is 6. The molecule has 6 rings (SSSR count). The quantitative estimate of drug-likeness (QED) is 0.164. The maximum Gasteiger partial charge on any atom is 3.00 e. The van der Waals surface area contributed by atoms with Crippen LogP contribution in [0.5, 0.6) is 0 Å². The molecule has 0 aliphatic heterocycles. The van der Waals surface area contributed by atoms with Crippen molar-refractivity contribution in [2.24, 2.45) is 0 Å². The maximum absolute atomic E-state index is 4.42. The molecule has 0 amide bonds. The summed E-state index contributed by atoms with van der Waals surface area (Å²) in [6.45, 7) is 4.63. The molecular formula is C36H36Co2Mo8N8O26-46. The second-order valence-electron chi connectivity index (χ2n) is 10.2. The summed E-state index contributed by atoms with van der Waals surface area (Å²) < 4.78 is 0. The van der Waals surface area contributed by atoms with Gasteiger partial charge in [-0.1, -0.05) is 36.4 Å². The average molecular weight is 1880 g/mol. The van der Waals surface area contributed by atoms with Crippen LogP contribution in [0.2, 0.25) is 0 Å². The van der Waals surface area contributed by atoms with Gasteiger partial charge in [-0.25, -0.2) is 0 Å². The van der Waals surface area contributed by atoms with Crippen LogP contribution in [-0.2, 0) is 384 Å². The molecule has 44 heteroatoms. The summed E-state index contributed by atoms with van der Waals surface area (Å²) in [6, 6.07) is 36.0. The second-order valence-corrected chi connectivity index (χ2v) is 10.2. The number of hydrogen-bond acceptors (Lipinski definition) is 8. The fourth-order valence-corrected chi connectivity index (χ4v) is 4.66. The van der Waals surface area contributed by atoms with E-state index in [1.165, 1.54) is 0 Å². The van der Waals surface area contributed by atoms with E-state index in [0.29, 0.717) is 0 Å². The molecule has 0 aliphatic rings. The molecule has 0 saturated carbocycles. The van der Waals surface area contributed by atoms with Crippen molar-refractivity contribution in [3.05, 3.63) is 181 Å². The Bertz CT molecular complexity index is 1390. The minimum Gasteiger partial charge on any atom is -2.00 e. The molecule has 0 atom stereocenters. The summed E-state index contributed by atoms with van der Waals surface area (Å²) >= 11 is 0. The third-order valence-electron chi connectivity index (χ3n) is 6.67. The standard InChI is InChI=1S/2C18H18N4.2Co.8Mo.26O/c2*1-4-10-19-16(7-1)13-22(14-17-8-2-5-11-20-17)15-18-9-3-6-12-21-18;;;;;;;;;;;;;;;;;;;;;;;;;;;;;;;;;;;;/h2*1-12H,13-15H2;;;;;;;;;;;;;;;;;;;;;;;;;;;;;;;;;;;;/q;;2*+3;;;;;;;;;26*-2. The van der Waals surface area contributed by atoms with Crippen molar-refractivity contribution in [1.82, 2.24) is 39.7 Å². The van der Waals surface area contributed by atoms with E-state index in [1.54, 1.807) is 0 Å². The Kier molecular flexibility index (Phi) is 362. The number of hydrogen-bond donors (Lipinski definition) is 0. The number of pyridine rings is 6. The van der Waals surface area contributed by atoms with Crippen LogP contribution in [0.15, 0.2) is 146 Å². The Hall–Kier alpha value is 0.299. The van der Waals surface area contributed by atoms with Gasteiger partial charge in [-0.3, -0.25) is 39.7 Å². The van der Waals surface area contributed by atoms with Crippen molar-refractivity contribution >= 4 is 0 Å². The molecular weight excluding hydrogens is 1850 g/mol. The molecule has 80 heavy (non-hydrogen) atoms. The van der Waals surface area contributed by atoms with E-state index in [4.69, 9.17) is 0 Å². The van der Waals surface area contributed by atoms with Gasteiger partial charge in [0.25, 0.3) is 0 Å². The van der Waals surface area contributed by atoms with E-state index >= 15 is 0 Å². The molecule has 6 aromatic rings. The molecule has 0 N–H and O–H groups in total. The normalized spacial score (nSPS) is 5.92. The Morgan fingerprint density at radius 3 is 0.362 bits per heavy atom. The molecule has 34 nitrogen and oxygen atoms in total. The van der Waals surface area contributed by atoms with Gasteiger partial charge in [0, 0.05) is 245 Å². The Balaban J connectivity index is -0.0000000132. The van der Waals surface area contributed by atoms with Crippen LogP contribution in [0.3, 0.4) is 0 Å². The summed E-state index contributed by atoms with van der Waals surface area (Å²) in [4.78, 5) is 31.1. The van der Waals surface area contributed by atoms with Gasteiger partial charge in [0.1, 0.15) is 0 Å². The fourth-order valence-electron chi connectivity index (χ4n) is 4.66. The SMILES string of the molecule is [Co+3].[Co+3].[Mo].[Mo].[Mo].[Mo].[Mo].[Mo].[Mo].[Mo].[O-2].[O-2].[O-2].[O-2].[O-2].[O-2].[O-2].[O-2].[O-2].[O-2].[O-2].[O-2].[O-2].[O-2].[O-2].[O-2].[O-2].[O-2].[O-2].[O-2].[O-2].[O-2].[O-2].[O-2].[O-2].[O-2].c1ccc(CN(Cc2ccccn2)Cc2ccccn2)nc1.c1ccc(CN(Cc2ccccn2)Cc2ccccn2)nc1. The molecule has 0 fully saturated rings. The zero-order valence-corrected chi connectivity index (χ0v) is 57.4. The minimum atomic E-state index is 0. The van der Waals surface area contributed by atoms with Crippen LogP contribution in [0, 0.1) is 0 Å². The van der Waals surface area contributed by atoms with Crippen molar-refractivity contribution in [2.75, 3.05) is 0 Å². The first-order valence-corrected chi connectivity index (χ1v) is 14.6. The second kappa shape index (κ2) is 134. The van der Waals surface area contributed by atoms with Crippen LogP contribution in [-0.4, -0.2) is 39.7 Å². The molecule has 0 unspecified atom stereocenters. The predicted molar refractivity (Wildman–Crippen MR) is 189 cm³/mol. The fraction of sp³-hybridized carbons (Fsp3) is 0.167. The van der Waals surface area contributed by atoms with Gasteiger partial charge < -0.3 is 142 Å². The smallest absolute Gasteiger partial charge is 2.00 e. The van der Waals surface area contributed by atoms with Crippen LogP contribution in [0.4, 0.5) is 0 Å². The van der Waals surface area contributed by atoms with E-state index < -0.39 is 0 Å². The van der Waals surface area contributed by atoms with E-state index in [-0.39, 0.29) is 344 Å². The van der Waals surface area contributed by atoms with Crippen molar-refractivity contribution in [1.29, 1.82) is 0 Å². The number of nitrogens with zero attached hydrogens (tertiary/aromatic N) is 8. The number of rotatable bonds is 12. The van der Waals surface area contributed by atoms with Crippen molar-refractivity contribution in [3.8, 4) is 0 Å². The first-order valence-electron chi connectivity index (χ1n) is 14.6. The monoisotopic (exact) mass is 1900 g/mol. The molecule has 0 aliphatic carbocycles. The zero-order chi connectivity index (χ0) is 30.1. The first-order chi connectivity index (χ1) is 21.8. The minimum absolute atomic E-state index is 0. The Labute approximate surface area is 597 Å². The van der Waals surface area contributed by atoms with Crippen molar-refractivity contribution < 1.29 is 344 Å². The van der Waals surface area contributed by atoms with E-state index in [0.717, 1.165) is 73.4 Å². The van der Waals surface area contributed by atoms with Crippen LogP contribution < -0.4 is 0 Å². The van der Waals surface area contributed by atoms with E-state index in [1.807, 2.05) is 146 Å². The van der Waals surface area contributed by atoms with Gasteiger partial charge >= 0.3 is 33.6 Å². The third-order valence-corrected chi connectivity index (χ3v) is 6.67. The summed E-state index contributed by atoms with van der Waals surface area (Å²) in [7, 11) is 0. The summed E-state index contributed by atoms with van der Waals surface area (Å²) in [5, 5.41) is 0. The zero-order valence-electron chi connectivity index (χ0n) is 39.2. The van der Waals surface area contributed by atoms with Crippen molar-refractivity contribution in [2.45, 2.75) is 39.3 Å². The van der Waals surface area contributed by atoms with Gasteiger partial charge in [-0.05, 0) is 72.8 Å². The van der Waals surface area contributed by atoms with Crippen molar-refractivity contribution in [3.63, 3.8) is 0 Å². The molecule has 0 saturated heterocycles. The van der Waals surface area contributed by atoms with E-state index in [2.05, 4.69) is 39.7 Å². The molecule has 0 aromatic carbocycles. The van der Waals surface area contributed by atoms with Gasteiger partial charge in [-0.15, -0.1) is 0 Å². The van der Waals surface area contributed by atoms with Gasteiger partial charge in [0.2, 0.25) is 0 Å². The van der Waals surface area contributed by atoms with Crippen LogP contribution in [0.25, 0.3) is 0 Å². The average Bonchev–Trinajstić information content (AvgIpc) is 3.08. The summed E-state index contributed by atoms with van der Waals surface area (Å²) in [5.41, 5.74) is 6.30. The van der Waals surface area contributed by atoms with Gasteiger partial charge in [0.15, 0.2) is 0 Å². The molecule has 6 heterocycles. The third kappa shape index (κ3) is 89.5. The molecule has 0 radical (unpaired) electrons. The van der Waals surface area contributed by atoms with Gasteiger partial charge in [-0.2, -0.15) is 0 Å².